The molecule has 1 N–H and O–H groups in total. The second-order valence-electron chi connectivity index (χ2n) is 6.84. The fraction of sp³-hybridized carbons (Fsp3) is 0.529. The zero-order valence-electron chi connectivity index (χ0n) is 13.1. The summed E-state index contributed by atoms with van der Waals surface area (Å²) in [4.78, 5) is 25.8. The number of piperidine rings is 1. The predicted molar refractivity (Wildman–Crippen MR) is 85.3 cm³/mol. The van der Waals surface area contributed by atoms with E-state index in [4.69, 9.17) is 0 Å². The maximum absolute atomic E-state index is 12.0. The highest BCUT2D eigenvalue weighted by Crippen LogP contribution is 2.25. The molecule has 0 aromatic heterocycles. The van der Waals surface area contributed by atoms with Gasteiger partial charge in [-0.15, -0.1) is 0 Å². The monoisotopic (exact) mass is 288 g/mol. The molecule has 1 heterocycles. The first kappa shape index (κ1) is 15.5. The van der Waals surface area contributed by atoms with Crippen molar-refractivity contribution in [2.75, 3.05) is 16.8 Å². The van der Waals surface area contributed by atoms with Gasteiger partial charge in [-0.1, -0.05) is 26.8 Å². The third-order valence-electron chi connectivity index (χ3n) is 3.46. The van der Waals surface area contributed by atoms with Gasteiger partial charge < -0.3 is 10.2 Å². The van der Waals surface area contributed by atoms with E-state index in [1.54, 1.807) is 0 Å². The normalized spacial score (nSPS) is 16.0. The summed E-state index contributed by atoms with van der Waals surface area (Å²) in [5, 5.41) is 2.92. The van der Waals surface area contributed by atoms with Gasteiger partial charge in [0.25, 0.3) is 0 Å². The second kappa shape index (κ2) is 6.29. The van der Waals surface area contributed by atoms with E-state index in [2.05, 4.69) is 5.32 Å². The third kappa shape index (κ3) is 4.59. The van der Waals surface area contributed by atoms with Gasteiger partial charge in [0, 0.05) is 30.8 Å². The number of nitrogens with zero attached hydrogens (tertiary/aromatic N) is 1. The summed E-state index contributed by atoms with van der Waals surface area (Å²) < 4.78 is 0. The Bertz CT molecular complexity index is 532. The average molecular weight is 288 g/mol. The summed E-state index contributed by atoms with van der Waals surface area (Å²) in [6, 6.07) is 7.54. The minimum absolute atomic E-state index is 0.00428. The molecule has 0 bridgehead atoms. The third-order valence-corrected chi connectivity index (χ3v) is 3.46. The van der Waals surface area contributed by atoms with Crippen LogP contribution in [0, 0.1) is 5.41 Å². The zero-order valence-corrected chi connectivity index (χ0v) is 13.1. The number of nitrogens with one attached hydrogen (secondary N) is 1. The van der Waals surface area contributed by atoms with E-state index in [9.17, 15) is 9.59 Å². The second-order valence-corrected chi connectivity index (χ2v) is 6.84. The first-order valence-electron chi connectivity index (χ1n) is 7.55. The van der Waals surface area contributed by atoms with Crippen molar-refractivity contribution in [3.63, 3.8) is 0 Å². The smallest absolute Gasteiger partial charge is 0.226 e. The van der Waals surface area contributed by atoms with Crippen molar-refractivity contribution in [1.82, 2.24) is 0 Å². The summed E-state index contributed by atoms with van der Waals surface area (Å²) >= 11 is 0. The average Bonchev–Trinajstić information content (AvgIpc) is 2.37. The summed E-state index contributed by atoms with van der Waals surface area (Å²) in [7, 11) is 0. The van der Waals surface area contributed by atoms with Crippen LogP contribution in [0.25, 0.3) is 0 Å². The molecular weight excluding hydrogens is 264 g/mol. The maximum Gasteiger partial charge on any atom is 0.226 e. The number of carbonyl (C=O) groups excluding carboxylic acids is 2. The van der Waals surface area contributed by atoms with Crippen molar-refractivity contribution in [2.45, 2.75) is 46.5 Å². The maximum atomic E-state index is 12.0. The minimum Gasteiger partial charge on any atom is -0.326 e. The number of amides is 2. The Morgan fingerprint density at radius 2 is 2.05 bits per heavy atom. The first-order chi connectivity index (χ1) is 9.85. The molecule has 2 rings (SSSR count). The van der Waals surface area contributed by atoms with Crippen LogP contribution in [-0.2, 0) is 9.59 Å². The standard InChI is InChI=1S/C17H24N2O2/c1-17(2,3)12-15(20)18-13-7-6-8-14(11-13)19-10-5-4-9-16(19)21/h6-8,11H,4-5,9-10,12H2,1-3H3,(H,18,20). The zero-order chi connectivity index (χ0) is 15.5. The number of benzene rings is 1. The van der Waals surface area contributed by atoms with E-state index in [0.717, 1.165) is 30.8 Å². The van der Waals surface area contributed by atoms with E-state index in [1.807, 2.05) is 49.9 Å². The van der Waals surface area contributed by atoms with Gasteiger partial charge in [-0.25, -0.2) is 0 Å². The van der Waals surface area contributed by atoms with Gasteiger partial charge >= 0.3 is 0 Å². The van der Waals surface area contributed by atoms with Gasteiger partial charge in [-0.05, 0) is 36.5 Å². The number of carbonyl (C=O) groups is 2. The van der Waals surface area contributed by atoms with Crippen LogP contribution in [0.15, 0.2) is 24.3 Å². The number of rotatable bonds is 3. The lowest BCUT2D eigenvalue weighted by Gasteiger charge is -2.27. The molecule has 1 aliphatic heterocycles. The Balaban J connectivity index is 2.07. The summed E-state index contributed by atoms with van der Waals surface area (Å²) in [5.74, 6) is 0.170. The molecule has 2 amide bonds. The number of hydrogen-bond acceptors (Lipinski definition) is 2. The molecule has 1 fully saturated rings. The van der Waals surface area contributed by atoms with Gasteiger partial charge in [0.05, 0.1) is 0 Å². The molecule has 0 unspecified atom stereocenters. The molecule has 1 aliphatic rings. The molecule has 114 valence electrons. The topological polar surface area (TPSA) is 49.4 Å². The molecule has 1 saturated heterocycles. The van der Waals surface area contributed by atoms with Gasteiger partial charge in [0.2, 0.25) is 11.8 Å². The molecule has 1 aromatic rings. The highest BCUT2D eigenvalue weighted by Gasteiger charge is 2.20. The number of anilines is 2. The molecular formula is C17H24N2O2. The fourth-order valence-electron chi connectivity index (χ4n) is 2.52. The quantitative estimate of drug-likeness (QED) is 0.924. The molecule has 0 saturated carbocycles. The van der Waals surface area contributed by atoms with E-state index < -0.39 is 0 Å². The number of hydrogen-bond donors (Lipinski definition) is 1. The van der Waals surface area contributed by atoms with Gasteiger partial charge in [-0.3, -0.25) is 9.59 Å². The Morgan fingerprint density at radius 3 is 2.71 bits per heavy atom. The van der Waals surface area contributed by atoms with E-state index in [-0.39, 0.29) is 17.2 Å². The van der Waals surface area contributed by atoms with Crippen molar-refractivity contribution in [3.8, 4) is 0 Å². The summed E-state index contributed by atoms with van der Waals surface area (Å²) in [6.07, 6.45) is 3.09. The molecule has 1 aromatic carbocycles. The SMILES string of the molecule is CC(C)(C)CC(=O)Nc1cccc(N2CCCCC2=O)c1. The van der Waals surface area contributed by atoms with Gasteiger partial charge in [0.1, 0.15) is 0 Å². The Morgan fingerprint density at radius 1 is 1.29 bits per heavy atom. The van der Waals surface area contributed by atoms with Crippen LogP contribution in [0.3, 0.4) is 0 Å². The summed E-state index contributed by atoms with van der Waals surface area (Å²) in [5.41, 5.74) is 1.58. The van der Waals surface area contributed by atoms with Crippen molar-refractivity contribution in [3.05, 3.63) is 24.3 Å². The summed E-state index contributed by atoms with van der Waals surface area (Å²) in [6.45, 7) is 6.87. The molecule has 0 spiro atoms. The molecule has 4 nitrogen and oxygen atoms in total. The lowest BCUT2D eigenvalue weighted by atomic mass is 9.92. The van der Waals surface area contributed by atoms with Crippen LogP contribution in [0.1, 0.15) is 46.5 Å². The van der Waals surface area contributed by atoms with Crippen molar-refractivity contribution >= 4 is 23.2 Å². The van der Waals surface area contributed by atoms with Gasteiger partial charge in [0.15, 0.2) is 0 Å². The Kier molecular flexibility index (Phi) is 4.66. The highest BCUT2D eigenvalue weighted by atomic mass is 16.2. The molecule has 0 aliphatic carbocycles. The highest BCUT2D eigenvalue weighted by molar-refractivity contribution is 5.96. The van der Waals surface area contributed by atoms with Crippen LogP contribution in [-0.4, -0.2) is 18.4 Å². The van der Waals surface area contributed by atoms with Crippen molar-refractivity contribution < 1.29 is 9.59 Å². The van der Waals surface area contributed by atoms with Crippen LogP contribution < -0.4 is 10.2 Å². The van der Waals surface area contributed by atoms with Crippen LogP contribution in [0.4, 0.5) is 11.4 Å². The fourth-order valence-corrected chi connectivity index (χ4v) is 2.52. The van der Waals surface area contributed by atoms with Crippen LogP contribution in [0.2, 0.25) is 0 Å². The van der Waals surface area contributed by atoms with Crippen molar-refractivity contribution in [2.24, 2.45) is 5.41 Å². The Hall–Kier alpha value is -1.84. The van der Waals surface area contributed by atoms with E-state index >= 15 is 0 Å². The minimum atomic E-state index is -0.0372. The largest absolute Gasteiger partial charge is 0.326 e. The molecule has 4 heteroatoms. The van der Waals surface area contributed by atoms with Gasteiger partial charge in [-0.2, -0.15) is 0 Å². The van der Waals surface area contributed by atoms with E-state index in [1.165, 1.54) is 0 Å². The van der Waals surface area contributed by atoms with E-state index in [0.29, 0.717) is 12.8 Å². The molecule has 0 atom stereocenters. The van der Waals surface area contributed by atoms with Crippen LogP contribution in [0.5, 0.6) is 0 Å². The van der Waals surface area contributed by atoms with Crippen LogP contribution >= 0.6 is 0 Å². The first-order valence-corrected chi connectivity index (χ1v) is 7.55. The molecule has 21 heavy (non-hydrogen) atoms. The lowest BCUT2D eigenvalue weighted by Crippen LogP contribution is -2.35. The van der Waals surface area contributed by atoms with Crippen molar-refractivity contribution in [1.29, 1.82) is 0 Å². The lowest BCUT2D eigenvalue weighted by molar-refractivity contribution is -0.119. The predicted octanol–water partition coefficient (Wildman–Crippen LogP) is 3.58. The molecule has 0 radical (unpaired) electrons. The Labute approximate surface area is 126 Å².